The second-order valence-electron chi connectivity index (χ2n) is 4.00. The summed E-state index contributed by atoms with van der Waals surface area (Å²) in [7, 11) is 0. The maximum absolute atomic E-state index is 9.14. The van der Waals surface area contributed by atoms with Gasteiger partial charge < -0.3 is 5.21 Å². The number of hydrogen-bond acceptors (Lipinski definition) is 2. The van der Waals surface area contributed by atoms with Crippen LogP contribution < -0.4 is 0 Å². The Balaban J connectivity index is 2.70. The monoisotopic (exact) mass is 129 g/mol. The number of hydroxylamine groups is 2. The molecule has 1 rings (SSSR count). The van der Waals surface area contributed by atoms with Crippen molar-refractivity contribution in [3.8, 4) is 0 Å². The van der Waals surface area contributed by atoms with Gasteiger partial charge in [-0.1, -0.05) is 13.8 Å². The fourth-order valence-corrected chi connectivity index (χ4v) is 1.02. The van der Waals surface area contributed by atoms with Gasteiger partial charge in [0.1, 0.15) is 0 Å². The predicted octanol–water partition coefficient (Wildman–Crippen LogP) is 1.50. The second-order valence-corrected chi connectivity index (χ2v) is 4.00. The summed E-state index contributed by atoms with van der Waals surface area (Å²) in [6, 6.07) is 0. The van der Waals surface area contributed by atoms with E-state index in [1.54, 1.807) is 0 Å². The Hall–Kier alpha value is -0.0800. The third kappa shape index (κ3) is 0.700. The lowest BCUT2D eigenvalue weighted by molar-refractivity contribution is -0.288. The average Bonchev–Trinajstić information content (AvgIpc) is 1.65. The van der Waals surface area contributed by atoms with Crippen LogP contribution in [0.4, 0.5) is 0 Å². The Morgan fingerprint density at radius 1 is 1.22 bits per heavy atom. The Morgan fingerprint density at radius 2 is 1.67 bits per heavy atom. The molecule has 0 radical (unpaired) electrons. The van der Waals surface area contributed by atoms with Crippen LogP contribution in [-0.4, -0.2) is 22.4 Å². The third-order valence-electron chi connectivity index (χ3n) is 2.85. The van der Waals surface area contributed by atoms with Crippen molar-refractivity contribution in [2.75, 3.05) is 6.54 Å². The normalized spacial score (nSPS) is 31.7. The highest BCUT2D eigenvalue weighted by Gasteiger charge is 2.52. The van der Waals surface area contributed by atoms with Crippen LogP contribution in [0.1, 0.15) is 27.7 Å². The molecule has 2 nitrogen and oxygen atoms in total. The third-order valence-corrected chi connectivity index (χ3v) is 2.85. The number of nitrogens with zero attached hydrogens (tertiary/aromatic N) is 1. The zero-order valence-electron chi connectivity index (χ0n) is 6.60. The summed E-state index contributed by atoms with van der Waals surface area (Å²) in [6.45, 7) is 9.23. The molecule has 0 aromatic carbocycles. The molecular formula is C7H15NO. The molecule has 1 fully saturated rings. The van der Waals surface area contributed by atoms with Gasteiger partial charge in [-0.15, -0.1) is 0 Å². The summed E-state index contributed by atoms with van der Waals surface area (Å²) in [6.07, 6.45) is 0. The quantitative estimate of drug-likeness (QED) is 0.535. The van der Waals surface area contributed by atoms with Gasteiger partial charge in [0.05, 0.1) is 0 Å². The van der Waals surface area contributed by atoms with Gasteiger partial charge >= 0.3 is 0 Å². The first kappa shape index (κ1) is 7.03. The lowest BCUT2D eigenvalue weighted by atomic mass is 9.67. The van der Waals surface area contributed by atoms with Crippen molar-refractivity contribution in [2.24, 2.45) is 5.41 Å². The molecule has 9 heavy (non-hydrogen) atoms. The fraction of sp³-hybridized carbons (Fsp3) is 1.00. The van der Waals surface area contributed by atoms with Crippen LogP contribution in [0.2, 0.25) is 0 Å². The molecule has 1 aliphatic heterocycles. The highest BCUT2D eigenvalue weighted by atomic mass is 16.5. The van der Waals surface area contributed by atoms with Gasteiger partial charge in [0.2, 0.25) is 0 Å². The Bertz CT molecular complexity index is 129. The number of hydrogen-bond donors (Lipinski definition) is 1. The van der Waals surface area contributed by atoms with Crippen LogP contribution in [0.5, 0.6) is 0 Å². The first-order valence-electron chi connectivity index (χ1n) is 3.34. The maximum Gasteiger partial charge on any atom is 0.0468 e. The van der Waals surface area contributed by atoms with Crippen LogP contribution in [0.15, 0.2) is 0 Å². The Morgan fingerprint density at radius 3 is 1.67 bits per heavy atom. The van der Waals surface area contributed by atoms with E-state index in [-0.39, 0.29) is 11.0 Å². The maximum atomic E-state index is 9.14. The summed E-state index contributed by atoms with van der Waals surface area (Å²) in [5, 5.41) is 10.5. The largest absolute Gasteiger partial charge is 0.313 e. The van der Waals surface area contributed by atoms with E-state index < -0.39 is 0 Å². The highest BCUT2D eigenvalue weighted by Crippen LogP contribution is 2.44. The van der Waals surface area contributed by atoms with Crippen molar-refractivity contribution in [1.82, 2.24) is 5.06 Å². The molecule has 0 aromatic heterocycles. The van der Waals surface area contributed by atoms with Gasteiger partial charge in [-0.2, -0.15) is 5.06 Å². The summed E-state index contributed by atoms with van der Waals surface area (Å²) in [4.78, 5) is 0. The van der Waals surface area contributed by atoms with Crippen molar-refractivity contribution >= 4 is 0 Å². The molecular weight excluding hydrogens is 114 g/mol. The molecule has 0 amide bonds. The van der Waals surface area contributed by atoms with Crippen molar-refractivity contribution < 1.29 is 5.21 Å². The standard InChI is InChI=1S/C7H15NO/c1-6(2)5-8(9)7(6,3)4/h9H,5H2,1-4H3. The smallest absolute Gasteiger partial charge is 0.0468 e. The van der Waals surface area contributed by atoms with E-state index in [0.717, 1.165) is 6.54 Å². The van der Waals surface area contributed by atoms with Crippen molar-refractivity contribution in [3.05, 3.63) is 0 Å². The molecule has 0 aliphatic carbocycles. The minimum atomic E-state index is -0.0347. The van der Waals surface area contributed by atoms with Gasteiger partial charge in [0.25, 0.3) is 0 Å². The van der Waals surface area contributed by atoms with E-state index >= 15 is 0 Å². The molecule has 0 spiro atoms. The van der Waals surface area contributed by atoms with E-state index in [0.29, 0.717) is 0 Å². The predicted molar refractivity (Wildman–Crippen MR) is 36.4 cm³/mol. The van der Waals surface area contributed by atoms with E-state index in [4.69, 9.17) is 5.21 Å². The SMILES string of the molecule is CC1(C)CN(O)C1(C)C. The molecule has 0 bridgehead atoms. The second kappa shape index (κ2) is 1.50. The van der Waals surface area contributed by atoms with E-state index in [1.807, 2.05) is 0 Å². The lowest BCUT2D eigenvalue weighted by Gasteiger charge is -2.57. The van der Waals surface area contributed by atoms with Crippen LogP contribution in [-0.2, 0) is 0 Å². The van der Waals surface area contributed by atoms with Gasteiger partial charge in [-0.3, -0.25) is 0 Å². The zero-order valence-corrected chi connectivity index (χ0v) is 6.60. The zero-order chi connectivity index (χ0) is 7.28. The summed E-state index contributed by atoms with van der Waals surface area (Å²) >= 11 is 0. The summed E-state index contributed by atoms with van der Waals surface area (Å²) in [5.74, 6) is 0. The molecule has 0 saturated carbocycles. The van der Waals surface area contributed by atoms with Crippen molar-refractivity contribution in [1.29, 1.82) is 0 Å². The minimum Gasteiger partial charge on any atom is -0.313 e. The first-order chi connectivity index (χ1) is 3.88. The van der Waals surface area contributed by atoms with Gasteiger partial charge in [-0.05, 0) is 19.3 Å². The van der Waals surface area contributed by atoms with Crippen molar-refractivity contribution in [3.63, 3.8) is 0 Å². The topological polar surface area (TPSA) is 23.5 Å². The van der Waals surface area contributed by atoms with Crippen LogP contribution in [0.3, 0.4) is 0 Å². The Kier molecular flexibility index (Phi) is 1.17. The molecule has 1 aliphatic rings. The molecule has 0 atom stereocenters. The lowest BCUT2D eigenvalue weighted by Crippen LogP contribution is -2.67. The minimum absolute atomic E-state index is 0.0347. The average molecular weight is 129 g/mol. The van der Waals surface area contributed by atoms with Gasteiger partial charge in [0.15, 0.2) is 0 Å². The van der Waals surface area contributed by atoms with E-state index in [2.05, 4.69) is 27.7 Å². The molecule has 0 unspecified atom stereocenters. The van der Waals surface area contributed by atoms with Crippen LogP contribution >= 0.6 is 0 Å². The Labute approximate surface area is 56.4 Å². The summed E-state index contributed by atoms with van der Waals surface area (Å²) < 4.78 is 0. The van der Waals surface area contributed by atoms with Crippen LogP contribution in [0, 0.1) is 5.41 Å². The molecule has 1 N–H and O–H groups in total. The van der Waals surface area contributed by atoms with E-state index in [1.165, 1.54) is 5.06 Å². The van der Waals surface area contributed by atoms with Crippen LogP contribution in [0.25, 0.3) is 0 Å². The van der Waals surface area contributed by atoms with Gasteiger partial charge in [-0.25, -0.2) is 0 Å². The molecule has 1 saturated heterocycles. The summed E-state index contributed by atoms with van der Waals surface area (Å²) in [5.41, 5.74) is 0.231. The molecule has 1 heterocycles. The molecule has 54 valence electrons. The first-order valence-corrected chi connectivity index (χ1v) is 3.34. The van der Waals surface area contributed by atoms with Crippen molar-refractivity contribution in [2.45, 2.75) is 33.2 Å². The number of rotatable bonds is 0. The fourth-order valence-electron chi connectivity index (χ4n) is 1.02. The highest BCUT2D eigenvalue weighted by molar-refractivity contribution is 5.02. The van der Waals surface area contributed by atoms with E-state index in [9.17, 15) is 0 Å². The van der Waals surface area contributed by atoms with Gasteiger partial charge in [0, 0.05) is 12.1 Å². The molecule has 0 aromatic rings. The molecule has 2 heteroatoms.